The maximum Gasteiger partial charge on any atom is 0.351 e. The van der Waals surface area contributed by atoms with Gasteiger partial charge in [-0.1, -0.05) is 48.9 Å². The lowest BCUT2D eigenvalue weighted by Gasteiger charge is -2.25. The SMILES string of the molecule is COC(=O)C(OC(=O)CCc1ccc(S(=O)(=O)N2CCCCC2)cc1)c1ccccc1. The van der Waals surface area contributed by atoms with Gasteiger partial charge in [0, 0.05) is 25.1 Å². The molecule has 0 saturated carbocycles. The van der Waals surface area contributed by atoms with Crippen molar-refractivity contribution in [2.24, 2.45) is 0 Å². The lowest BCUT2D eigenvalue weighted by Crippen LogP contribution is -2.35. The van der Waals surface area contributed by atoms with Crippen molar-refractivity contribution in [1.82, 2.24) is 4.31 Å². The third-order valence-electron chi connectivity index (χ3n) is 5.26. The highest BCUT2D eigenvalue weighted by atomic mass is 32.2. The number of rotatable bonds is 8. The highest BCUT2D eigenvalue weighted by molar-refractivity contribution is 7.89. The minimum absolute atomic E-state index is 0.0541. The van der Waals surface area contributed by atoms with E-state index in [1.165, 1.54) is 11.4 Å². The summed E-state index contributed by atoms with van der Waals surface area (Å²) in [6, 6.07) is 15.2. The summed E-state index contributed by atoms with van der Waals surface area (Å²) < 4.78 is 37.1. The van der Waals surface area contributed by atoms with Crippen LogP contribution in [0.4, 0.5) is 0 Å². The van der Waals surface area contributed by atoms with Crippen molar-refractivity contribution >= 4 is 22.0 Å². The number of methoxy groups -OCH3 is 1. The van der Waals surface area contributed by atoms with Crippen LogP contribution in [0.1, 0.15) is 42.9 Å². The van der Waals surface area contributed by atoms with Crippen LogP contribution in [0.5, 0.6) is 0 Å². The van der Waals surface area contributed by atoms with Gasteiger partial charge in [-0.25, -0.2) is 13.2 Å². The van der Waals surface area contributed by atoms with Gasteiger partial charge in [0.2, 0.25) is 16.1 Å². The van der Waals surface area contributed by atoms with Crippen LogP contribution in [0, 0.1) is 0 Å². The predicted molar refractivity (Wildman–Crippen MR) is 115 cm³/mol. The fourth-order valence-corrected chi connectivity index (χ4v) is 5.02. The first-order valence-corrected chi connectivity index (χ1v) is 11.8. The summed E-state index contributed by atoms with van der Waals surface area (Å²) in [4.78, 5) is 24.6. The van der Waals surface area contributed by atoms with E-state index in [9.17, 15) is 18.0 Å². The Morgan fingerprint density at radius 1 is 0.968 bits per heavy atom. The normalized spacial score (nSPS) is 15.8. The molecule has 0 N–H and O–H groups in total. The minimum atomic E-state index is -3.48. The summed E-state index contributed by atoms with van der Waals surface area (Å²) in [5, 5.41) is 0. The third-order valence-corrected chi connectivity index (χ3v) is 7.17. The molecular formula is C23H27NO6S. The monoisotopic (exact) mass is 445 g/mol. The molecule has 1 aliphatic heterocycles. The van der Waals surface area contributed by atoms with Crippen LogP contribution in [0.3, 0.4) is 0 Å². The highest BCUT2D eigenvalue weighted by Crippen LogP contribution is 2.22. The van der Waals surface area contributed by atoms with Gasteiger partial charge in [-0.2, -0.15) is 4.31 Å². The van der Waals surface area contributed by atoms with E-state index in [2.05, 4.69) is 0 Å². The Morgan fingerprint density at radius 3 is 2.23 bits per heavy atom. The third kappa shape index (κ3) is 5.92. The average Bonchev–Trinajstić information content (AvgIpc) is 2.82. The Balaban J connectivity index is 1.59. The van der Waals surface area contributed by atoms with Gasteiger partial charge in [0.15, 0.2) is 0 Å². The van der Waals surface area contributed by atoms with Gasteiger partial charge < -0.3 is 9.47 Å². The number of hydrogen-bond acceptors (Lipinski definition) is 6. The molecule has 0 aromatic heterocycles. The molecule has 31 heavy (non-hydrogen) atoms. The molecule has 0 spiro atoms. The fraction of sp³-hybridized carbons (Fsp3) is 0.391. The van der Waals surface area contributed by atoms with Gasteiger partial charge in [-0.15, -0.1) is 0 Å². The molecule has 0 amide bonds. The molecule has 0 radical (unpaired) electrons. The molecule has 1 fully saturated rings. The van der Waals surface area contributed by atoms with Gasteiger partial charge in [-0.05, 0) is 37.0 Å². The Bertz CT molecular complexity index is 982. The minimum Gasteiger partial charge on any atom is -0.466 e. The number of esters is 2. The van der Waals surface area contributed by atoms with Crippen LogP contribution in [0.15, 0.2) is 59.5 Å². The number of sulfonamides is 1. The molecule has 1 atom stereocenters. The van der Waals surface area contributed by atoms with E-state index >= 15 is 0 Å². The zero-order valence-corrected chi connectivity index (χ0v) is 18.3. The second kappa shape index (κ2) is 10.5. The Hall–Kier alpha value is -2.71. The first-order valence-electron chi connectivity index (χ1n) is 10.3. The van der Waals surface area contributed by atoms with Crippen LogP contribution in [0.25, 0.3) is 0 Å². The largest absolute Gasteiger partial charge is 0.466 e. The molecule has 2 aromatic carbocycles. The zero-order valence-electron chi connectivity index (χ0n) is 17.5. The zero-order chi connectivity index (χ0) is 22.3. The number of benzene rings is 2. The summed E-state index contributed by atoms with van der Waals surface area (Å²) in [5.41, 5.74) is 1.35. The van der Waals surface area contributed by atoms with E-state index in [1.54, 1.807) is 54.6 Å². The van der Waals surface area contributed by atoms with E-state index < -0.39 is 28.1 Å². The van der Waals surface area contributed by atoms with Crippen molar-refractivity contribution in [1.29, 1.82) is 0 Å². The highest BCUT2D eigenvalue weighted by Gasteiger charge is 2.27. The van der Waals surface area contributed by atoms with Crippen molar-refractivity contribution in [3.05, 3.63) is 65.7 Å². The van der Waals surface area contributed by atoms with Gasteiger partial charge in [0.25, 0.3) is 0 Å². The van der Waals surface area contributed by atoms with Crippen molar-refractivity contribution in [2.75, 3.05) is 20.2 Å². The molecular weight excluding hydrogens is 418 g/mol. The van der Waals surface area contributed by atoms with Crippen LogP contribution < -0.4 is 0 Å². The Morgan fingerprint density at radius 2 is 1.61 bits per heavy atom. The molecule has 2 aromatic rings. The first kappa shape index (κ1) is 23.0. The number of nitrogens with zero attached hydrogens (tertiary/aromatic N) is 1. The summed E-state index contributed by atoms with van der Waals surface area (Å²) in [5.74, 6) is -1.18. The van der Waals surface area contributed by atoms with Crippen molar-refractivity contribution in [3.63, 3.8) is 0 Å². The van der Waals surface area contributed by atoms with Gasteiger partial charge >= 0.3 is 11.9 Å². The number of carbonyl (C=O) groups is 2. The number of piperidine rings is 1. The van der Waals surface area contributed by atoms with Gasteiger partial charge in [0.1, 0.15) is 0 Å². The molecule has 1 aliphatic rings. The smallest absolute Gasteiger partial charge is 0.351 e. The van der Waals surface area contributed by atoms with E-state index in [4.69, 9.17) is 9.47 Å². The molecule has 1 heterocycles. The maximum absolute atomic E-state index is 12.7. The Kier molecular flexibility index (Phi) is 7.81. The second-order valence-electron chi connectivity index (χ2n) is 7.41. The van der Waals surface area contributed by atoms with Gasteiger partial charge in [-0.3, -0.25) is 4.79 Å². The van der Waals surface area contributed by atoms with Crippen molar-refractivity contribution in [3.8, 4) is 0 Å². The van der Waals surface area contributed by atoms with Crippen LogP contribution in [-0.4, -0.2) is 44.9 Å². The number of ether oxygens (including phenoxy) is 2. The molecule has 0 bridgehead atoms. The number of hydrogen-bond donors (Lipinski definition) is 0. The fourth-order valence-electron chi connectivity index (χ4n) is 3.51. The maximum atomic E-state index is 12.7. The van der Waals surface area contributed by atoms with Crippen LogP contribution in [0.2, 0.25) is 0 Å². The first-order chi connectivity index (χ1) is 14.9. The lowest BCUT2D eigenvalue weighted by atomic mass is 10.1. The molecule has 166 valence electrons. The second-order valence-corrected chi connectivity index (χ2v) is 9.35. The molecule has 1 saturated heterocycles. The molecule has 3 rings (SSSR count). The van der Waals surface area contributed by atoms with E-state index in [1.807, 2.05) is 0 Å². The van der Waals surface area contributed by atoms with Crippen LogP contribution in [-0.2, 0) is 35.5 Å². The topological polar surface area (TPSA) is 90.0 Å². The van der Waals surface area contributed by atoms with E-state index in [-0.39, 0.29) is 11.3 Å². The standard InChI is InChI=1S/C23H27NO6S/c1-29-23(26)22(19-8-4-2-5-9-19)30-21(25)15-12-18-10-13-20(14-11-18)31(27,28)24-16-6-3-7-17-24/h2,4-5,8-11,13-14,22H,3,6-7,12,15-17H2,1H3. The quantitative estimate of drug-likeness (QED) is 0.580. The summed E-state index contributed by atoms with van der Waals surface area (Å²) in [6.45, 7) is 1.11. The van der Waals surface area contributed by atoms with E-state index in [0.29, 0.717) is 25.1 Å². The average molecular weight is 446 g/mol. The molecule has 1 unspecified atom stereocenters. The van der Waals surface area contributed by atoms with Crippen LogP contribution >= 0.6 is 0 Å². The van der Waals surface area contributed by atoms with E-state index in [0.717, 1.165) is 24.8 Å². The number of carbonyl (C=O) groups excluding carboxylic acids is 2. The van der Waals surface area contributed by atoms with Gasteiger partial charge in [0.05, 0.1) is 12.0 Å². The molecule has 0 aliphatic carbocycles. The summed E-state index contributed by atoms with van der Waals surface area (Å²) in [7, 11) is -2.24. The molecule has 8 heteroatoms. The lowest BCUT2D eigenvalue weighted by molar-refractivity contribution is -0.166. The summed E-state index contributed by atoms with van der Waals surface area (Å²) in [6.07, 6.45) is 2.13. The van der Waals surface area contributed by atoms with Crippen molar-refractivity contribution in [2.45, 2.75) is 43.1 Å². The summed E-state index contributed by atoms with van der Waals surface area (Å²) >= 11 is 0. The predicted octanol–water partition coefficient (Wildman–Crippen LogP) is 3.25. The number of aryl methyl sites for hydroxylation is 1. The molecule has 7 nitrogen and oxygen atoms in total. The Labute approximate surface area is 183 Å². The van der Waals surface area contributed by atoms with Crippen molar-refractivity contribution < 1.29 is 27.5 Å².